The van der Waals surface area contributed by atoms with Crippen LogP contribution in [0.5, 0.6) is 0 Å². The summed E-state index contributed by atoms with van der Waals surface area (Å²) in [7, 11) is 0. The summed E-state index contributed by atoms with van der Waals surface area (Å²) >= 11 is 0. The molecule has 0 fully saturated rings. The van der Waals surface area contributed by atoms with Crippen LogP contribution in [0, 0.1) is 6.92 Å². The normalized spacial score (nSPS) is 10.1. The highest BCUT2D eigenvalue weighted by molar-refractivity contribution is 5.89. The average molecular weight is 182 g/mol. The quantitative estimate of drug-likeness (QED) is 0.663. The zero-order valence-corrected chi connectivity index (χ0v) is 8.20. The van der Waals surface area contributed by atoms with Crippen LogP contribution in [0.25, 0.3) is 0 Å². The number of ether oxygens (including phenoxy) is 1. The van der Waals surface area contributed by atoms with E-state index in [1.165, 1.54) is 0 Å². The number of hydrogen-bond donors (Lipinski definition) is 0. The number of carbonyl (C=O) groups is 1. The van der Waals surface area contributed by atoms with Crippen molar-refractivity contribution in [2.75, 3.05) is 6.61 Å². The molecule has 0 saturated carbocycles. The molecular weight excluding hydrogens is 168 g/mol. The number of aromatic nitrogens is 2. The molecule has 1 heterocycles. The van der Waals surface area contributed by atoms with Crippen LogP contribution < -0.4 is 0 Å². The van der Waals surface area contributed by atoms with Crippen molar-refractivity contribution in [1.82, 2.24) is 9.78 Å². The van der Waals surface area contributed by atoms with Crippen LogP contribution >= 0.6 is 0 Å². The lowest BCUT2D eigenvalue weighted by Crippen LogP contribution is -2.13. The van der Waals surface area contributed by atoms with Gasteiger partial charge in [-0.25, -0.2) is 4.79 Å². The molecule has 72 valence electrons. The van der Waals surface area contributed by atoms with Crippen molar-refractivity contribution in [2.45, 2.75) is 27.3 Å². The Morgan fingerprint density at radius 3 is 2.85 bits per heavy atom. The highest BCUT2D eigenvalue weighted by atomic mass is 16.5. The number of carbonyl (C=O) groups excluding carboxylic acids is 1. The van der Waals surface area contributed by atoms with E-state index in [9.17, 15) is 4.79 Å². The molecular formula is C9H14N2O2. The van der Waals surface area contributed by atoms with Crippen LogP contribution in [0.2, 0.25) is 0 Å². The fourth-order valence-electron chi connectivity index (χ4n) is 1.18. The molecule has 1 aromatic heterocycles. The van der Waals surface area contributed by atoms with Crippen molar-refractivity contribution < 1.29 is 9.53 Å². The van der Waals surface area contributed by atoms with Crippen LogP contribution in [-0.4, -0.2) is 22.4 Å². The molecule has 0 N–H and O–H groups in total. The van der Waals surface area contributed by atoms with Gasteiger partial charge >= 0.3 is 5.97 Å². The Morgan fingerprint density at radius 1 is 1.62 bits per heavy atom. The van der Waals surface area contributed by atoms with Crippen molar-refractivity contribution >= 4 is 5.97 Å². The second-order valence-electron chi connectivity index (χ2n) is 2.71. The van der Waals surface area contributed by atoms with Gasteiger partial charge in [-0.3, -0.25) is 4.68 Å². The molecule has 0 unspecified atom stereocenters. The van der Waals surface area contributed by atoms with E-state index in [1.807, 2.05) is 13.8 Å². The molecule has 0 aliphatic carbocycles. The number of esters is 1. The predicted molar refractivity (Wildman–Crippen MR) is 48.6 cm³/mol. The van der Waals surface area contributed by atoms with Crippen molar-refractivity contribution in [3.05, 3.63) is 17.5 Å². The van der Waals surface area contributed by atoms with Gasteiger partial charge in [-0.2, -0.15) is 5.10 Å². The van der Waals surface area contributed by atoms with Gasteiger partial charge in [0.25, 0.3) is 0 Å². The minimum absolute atomic E-state index is 0.292. The minimum Gasteiger partial charge on any atom is -0.461 e. The van der Waals surface area contributed by atoms with Crippen molar-refractivity contribution in [2.24, 2.45) is 0 Å². The summed E-state index contributed by atoms with van der Waals surface area (Å²) in [6.07, 6.45) is 1.68. The largest absolute Gasteiger partial charge is 0.461 e. The molecule has 0 atom stereocenters. The van der Waals surface area contributed by atoms with Gasteiger partial charge in [-0.15, -0.1) is 0 Å². The van der Waals surface area contributed by atoms with E-state index in [2.05, 4.69) is 5.10 Å². The Hall–Kier alpha value is -1.32. The Bertz CT molecular complexity index is 305. The molecule has 0 radical (unpaired) electrons. The molecule has 0 aromatic carbocycles. The summed E-state index contributed by atoms with van der Waals surface area (Å²) in [5.41, 5.74) is 1.42. The molecule has 1 rings (SSSR count). The van der Waals surface area contributed by atoms with Crippen LogP contribution in [0.1, 0.15) is 29.9 Å². The molecule has 13 heavy (non-hydrogen) atoms. The molecule has 0 aliphatic heterocycles. The van der Waals surface area contributed by atoms with Gasteiger partial charge in [-0.1, -0.05) is 0 Å². The first-order chi connectivity index (χ1) is 6.20. The maximum atomic E-state index is 11.4. The Labute approximate surface area is 77.5 Å². The molecule has 4 nitrogen and oxygen atoms in total. The van der Waals surface area contributed by atoms with Crippen LogP contribution in [0.3, 0.4) is 0 Å². The van der Waals surface area contributed by atoms with Crippen LogP contribution in [0.15, 0.2) is 6.20 Å². The predicted octanol–water partition coefficient (Wildman–Crippen LogP) is 1.39. The molecule has 0 amide bonds. The number of rotatable bonds is 3. The van der Waals surface area contributed by atoms with E-state index in [0.29, 0.717) is 18.8 Å². The van der Waals surface area contributed by atoms with E-state index in [0.717, 1.165) is 5.56 Å². The molecule has 0 saturated heterocycles. The van der Waals surface area contributed by atoms with Crippen LogP contribution in [-0.2, 0) is 11.3 Å². The van der Waals surface area contributed by atoms with E-state index in [-0.39, 0.29) is 5.97 Å². The lowest BCUT2D eigenvalue weighted by Gasteiger charge is -2.04. The minimum atomic E-state index is -0.292. The maximum Gasteiger partial charge on any atom is 0.356 e. The van der Waals surface area contributed by atoms with Gasteiger partial charge in [-0.05, 0) is 20.8 Å². The van der Waals surface area contributed by atoms with Gasteiger partial charge in [0, 0.05) is 12.1 Å². The zero-order valence-electron chi connectivity index (χ0n) is 8.20. The van der Waals surface area contributed by atoms with Crippen molar-refractivity contribution in [1.29, 1.82) is 0 Å². The molecule has 4 heteroatoms. The summed E-state index contributed by atoms with van der Waals surface area (Å²) in [6, 6.07) is 0. The van der Waals surface area contributed by atoms with Crippen LogP contribution in [0.4, 0.5) is 0 Å². The standard InChI is InChI=1S/C9H14N2O2/c1-4-11-8(7(3)6-10-11)9(12)13-5-2/h6H,4-5H2,1-3H3. The van der Waals surface area contributed by atoms with Gasteiger partial charge in [0.2, 0.25) is 0 Å². The van der Waals surface area contributed by atoms with Crippen molar-refractivity contribution in [3.63, 3.8) is 0 Å². The fourth-order valence-corrected chi connectivity index (χ4v) is 1.18. The van der Waals surface area contributed by atoms with Crippen molar-refractivity contribution in [3.8, 4) is 0 Å². The Balaban J connectivity index is 2.96. The molecule has 0 aliphatic rings. The number of aryl methyl sites for hydroxylation is 2. The first kappa shape index (κ1) is 9.77. The van der Waals surface area contributed by atoms with E-state index in [4.69, 9.17) is 4.74 Å². The summed E-state index contributed by atoms with van der Waals surface area (Å²) < 4.78 is 6.56. The topological polar surface area (TPSA) is 44.1 Å². The monoisotopic (exact) mass is 182 g/mol. The highest BCUT2D eigenvalue weighted by Crippen LogP contribution is 2.08. The average Bonchev–Trinajstić information content (AvgIpc) is 2.47. The first-order valence-corrected chi connectivity index (χ1v) is 4.40. The second-order valence-corrected chi connectivity index (χ2v) is 2.71. The number of hydrogen-bond acceptors (Lipinski definition) is 3. The first-order valence-electron chi connectivity index (χ1n) is 4.40. The lowest BCUT2D eigenvalue weighted by molar-refractivity contribution is 0.0511. The Kier molecular flexibility index (Phi) is 3.06. The third-order valence-electron chi connectivity index (χ3n) is 1.79. The highest BCUT2D eigenvalue weighted by Gasteiger charge is 2.15. The smallest absolute Gasteiger partial charge is 0.356 e. The SMILES string of the molecule is CCOC(=O)c1c(C)cnn1CC. The third-order valence-corrected chi connectivity index (χ3v) is 1.79. The summed E-state index contributed by atoms with van der Waals surface area (Å²) in [5.74, 6) is -0.292. The second kappa shape index (κ2) is 4.07. The van der Waals surface area contributed by atoms with E-state index < -0.39 is 0 Å². The molecule has 0 spiro atoms. The van der Waals surface area contributed by atoms with E-state index in [1.54, 1.807) is 17.8 Å². The van der Waals surface area contributed by atoms with Gasteiger partial charge in [0.1, 0.15) is 5.69 Å². The summed E-state index contributed by atoms with van der Waals surface area (Å²) in [6.45, 7) is 6.66. The van der Waals surface area contributed by atoms with Gasteiger partial charge in [0.05, 0.1) is 12.8 Å². The summed E-state index contributed by atoms with van der Waals surface area (Å²) in [4.78, 5) is 11.4. The van der Waals surface area contributed by atoms with Gasteiger partial charge < -0.3 is 4.74 Å². The summed E-state index contributed by atoms with van der Waals surface area (Å²) in [5, 5.41) is 4.05. The Morgan fingerprint density at radius 2 is 2.31 bits per heavy atom. The van der Waals surface area contributed by atoms with Gasteiger partial charge in [0.15, 0.2) is 0 Å². The molecule has 0 bridgehead atoms. The number of nitrogens with zero attached hydrogens (tertiary/aromatic N) is 2. The third kappa shape index (κ3) is 1.88. The van der Waals surface area contributed by atoms with E-state index >= 15 is 0 Å². The zero-order chi connectivity index (χ0) is 9.84. The maximum absolute atomic E-state index is 11.4. The fraction of sp³-hybridized carbons (Fsp3) is 0.556. The lowest BCUT2D eigenvalue weighted by atomic mass is 10.3. The molecule has 1 aromatic rings.